The van der Waals surface area contributed by atoms with Crippen LogP contribution in [0.5, 0.6) is 0 Å². The summed E-state index contributed by atoms with van der Waals surface area (Å²) in [7, 11) is 0. The number of hydrogen-bond donors (Lipinski definition) is 1. The fourth-order valence-corrected chi connectivity index (χ4v) is 2.69. The molecule has 1 aromatic heterocycles. The van der Waals surface area contributed by atoms with Gasteiger partial charge in [0, 0.05) is 16.3 Å². The van der Waals surface area contributed by atoms with E-state index in [9.17, 15) is 9.59 Å². The van der Waals surface area contributed by atoms with Crippen LogP contribution in [0, 0.1) is 13.8 Å². The molecule has 1 fully saturated rings. The molecule has 7 nitrogen and oxygen atoms in total. The molecular weight excluding hydrogens is 330 g/mol. The van der Waals surface area contributed by atoms with Crippen molar-refractivity contribution in [1.29, 1.82) is 0 Å². The lowest BCUT2D eigenvalue weighted by Crippen LogP contribution is -2.24. The van der Waals surface area contributed by atoms with Crippen molar-refractivity contribution in [3.8, 4) is 0 Å². The molecule has 0 aliphatic carbocycles. The quantitative estimate of drug-likeness (QED) is 0.680. The second-order valence-electron chi connectivity index (χ2n) is 5.49. The number of carbonyl (C=O) groups is 2. The van der Waals surface area contributed by atoms with Gasteiger partial charge in [0.1, 0.15) is 6.54 Å². The Bertz CT molecular complexity index is 843. The molecule has 3 rings (SSSR count). The van der Waals surface area contributed by atoms with Crippen molar-refractivity contribution in [2.75, 3.05) is 6.54 Å². The number of aromatic nitrogens is 2. The van der Waals surface area contributed by atoms with E-state index in [-0.39, 0.29) is 12.5 Å². The number of amides is 3. The van der Waals surface area contributed by atoms with Crippen molar-refractivity contribution in [3.05, 3.63) is 51.8 Å². The predicted octanol–water partition coefficient (Wildman–Crippen LogP) is 2.09. The second-order valence-corrected chi connectivity index (χ2v) is 5.90. The Kier molecular flexibility index (Phi) is 4.35. The molecule has 1 aliphatic rings. The molecule has 1 aliphatic heterocycles. The minimum Gasteiger partial charge on any atom is -0.275 e. The van der Waals surface area contributed by atoms with Crippen LogP contribution in [0.2, 0.25) is 5.02 Å². The van der Waals surface area contributed by atoms with Gasteiger partial charge in [-0.1, -0.05) is 29.8 Å². The van der Waals surface area contributed by atoms with Crippen LogP contribution in [0.4, 0.5) is 4.79 Å². The van der Waals surface area contributed by atoms with Gasteiger partial charge in [0.15, 0.2) is 0 Å². The van der Waals surface area contributed by atoms with Crippen LogP contribution in [0.25, 0.3) is 0 Å². The van der Waals surface area contributed by atoms with Crippen molar-refractivity contribution >= 4 is 29.8 Å². The standard InChI is InChI=1S/C16H16ClN5O2/c1-10-13(7-18-22-9-15(23)19-16(22)24)11(2)21(20-10)8-12-5-3-4-6-14(12)17/h3-7H,8-9H2,1-2H3,(H,19,23,24). The Morgan fingerprint density at radius 1 is 1.33 bits per heavy atom. The van der Waals surface area contributed by atoms with Gasteiger partial charge < -0.3 is 0 Å². The van der Waals surface area contributed by atoms with Crippen molar-refractivity contribution in [2.45, 2.75) is 20.4 Å². The number of benzene rings is 1. The van der Waals surface area contributed by atoms with Gasteiger partial charge in [0.2, 0.25) is 5.91 Å². The number of halogens is 1. The van der Waals surface area contributed by atoms with Gasteiger partial charge in [-0.25, -0.2) is 9.80 Å². The first kappa shape index (κ1) is 16.2. The van der Waals surface area contributed by atoms with E-state index in [0.717, 1.165) is 27.5 Å². The van der Waals surface area contributed by atoms with E-state index in [1.165, 1.54) is 0 Å². The summed E-state index contributed by atoms with van der Waals surface area (Å²) in [5, 5.41) is 12.5. The molecule has 0 bridgehead atoms. The summed E-state index contributed by atoms with van der Waals surface area (Å²) in [4.78, 5) is 22.7. The first-order valence-corrected chi connectivity index (χ1v) is 7.76. The minimum atomic E-state index is -0.519. The van der Waals surface area contributed by atoms with Gasteiger partial charge in [0.05, 0.1) is 18.5 Å². The average molecular weight is 346 g/mol. The Hall–Kier alpha value is -2.67. The highest BCUT2D eigenvalue weighted by molar-refractivity contribution is 6.31. The Labute approximate surface area is 143 Å². The number of hydrazone groups is 1. The van der Waals surface area contributed by atoms with Crippen molar-refractivity contribution in [2.24, 2.45) is 5.10 Å². The van der Waals surface area contributed by atoms with Gasteiger partial charge in [-0.05, 0) is 25.5 Å². The van der Waals surface area contributed by atoms with Crippen LogP contribution in [-0.2, 0) is 11.3 Å². The molecule has 3 amide bonds. The van der Waals surface area contributed by atoms with E-state index in [1.54, 1.807) is 6.21 Å². The first-order chi connectivity index (χ1) is 11.5. The van der Waals surface area contributed by atoms with Gasteiger partial charge in [0.25, 0.3) is 0 Å². The third-order valence-electron chi connectivity index (χ3n) is 3.82. The van der Waals surface area contributed by atoms with Gasteiger partial charge in [-0.15, -0.1) is 0 Å². The lowest BCUT2D eigenvalue weighted by Gasteiger charge is -2.07. The topological polar surface area (TPSA) is 79.6 Å². The maximum absolute atomic E-state index is 11.5. The van der Waals surface area contributed by atoms with E-state index in [1.807, 2.05) is 42.8 Å². The number of imide groups is 1. The molecule has 0 radical (unpaired) electrons. The molecule has 0 spiro atoms. The lowest BCUT2D eigenvalue weighted by atomic mass is 10.2. The summed E-state index contributed by atoms with van der Waals surface area (Å²) in [6.07, 6.45) is 1.55. The monoisotopic (exact) mass is 345 g/mol. The zero-order valence-electron chi connectivity index (χ0n) is 13.3. The van der Waals surface area contributed by atoms with Crippen LogP contribution >= 0.6 is 11.6 Å². The van der Waals surface area contributed by atoms with Gasteiger partial charge >= 0.3 is 6.03 Å². The number of nitrogens with one attached hydrogen (secondary N) is 1. The fraction of sp³-hybridized carbons (Fsp3) is 0.250. The first-order valence-electron chi connectivity index (χ1n) is 7.38. The zero-order valence-corrected chi connectivity index (χ0v) is 14.0. The SMILES string of the molecule is Cc1nn(Cc2ccccc2Cl)c(C)c1C=NN1CC(=O)NC1=O. The Balaban J connectivity index is 1.83. The molecule has 0 saturated carbocycles. The number of carbonyl (C=O) groups excluding carboxylic acids is 2. The second kappa shape index (κ2) is 6.45. The summed E-state index contributed by atoms with van der Waals surface area (Å²) in [6, 6.07) is 7.09. The molecular formula is C16H16ClN5O2. The summed E-state index contributed by atoms with van der Waals surface area (Å²) in [6.45, 7) is 4.27. The summed E-state index contributed by atoms with van der Waals surface area (Å²) < 4.78 is 1.84. The smallest absolute Gasteiger partial charge is 0.275 e. The molecule has 2 aromatic rings. The number of aryl methyl sites for hydroxylation is 1. The number of hydrogen-bond acceptors (Lipinski definition) is 4. The highest BCUT2D eigenvalue weighted by atomic mass is 35.5. The van der Waals surface area contributed by atoms with E-state index in [4.69, 9.17) is 11.6 Å². The maximum Gasteiger partial charge on any atom is 0.344 e. The van der Waals surface area contributed by atoms with Crippen molar-refractivity contribution in [3.63, 3.8) is 0 Å². The number of urea groups is 1. The van der Waals surface area contributed by atoms with Crippen molar-refractivity contribution in [1.82, 2.24) is 20.1 Å². The third kappa shape index (κ3) is 3.16. The van der Waals surface area contributed by atoms with E-state index < -0.39 is 6.03 Å². The van der Waals surface area contributed by atoms with Crippen LogP contribution in [0.1, 0.15) is 22.5 Å². The summed E-state index contributed by atoms with van der Waals surface area (Å²) in [5.41, 5.74) is 3.48. The molecule has 2 heterocycles. The van der Waals surface area contributed by atoms with Crippen molar-refractivity contribution < 1.29 is 9.59 Å². The largest absolute Gasteiger partial charge is 0.344 e. The summed E-state index contributed by atoms with van der Waals surface area (Å²) in [5.74, 6) is -0.361. The van der Waals surface area contributed by atoms with Gasteiger partial charge in [-0.2, -0.15) is 10.2 Å². The zero-order chi connectivity index (χ0) is 17.3. The highest BCUT2D eigenvalue weighted by Crippen LogP contribution is 2.18. The predicted molar refractivity (Wildman–Crippen MR) is 90.1 cm³/mol. The molecule has 1 aromatic carbocycles. The molecule has 0 atom stereocenters. The van der Waals surface area contributed by atoms with Crippen LogP contribution < -0.4 is 5.32 Å². The fourth-order valence-electron chi connectivity index (χ4n) is 2.49. The molecule has 0 unspecified atom stereocenters. The van der Waals surface area contributed by atoms with E-state index in [0.29, 0.717) is 11.6 Å². The molecule has 1 saturated heterocycles. The van der Waals surface area contributed by atoms with E-state index in [2.05, 4.69) is 15.5 Å². The molecule has 124 valence electrons. The van der Waals surface area contributed by atoms with Gasteiger partial charge in [-0.3, -0.25) is 14.8 Å². The Morgan fingerprint density at radius 3 is 2.75 bits per heavy atom. The molecule has 8 heteroatoms. The maximum atomic E-state index is 11.5. The number of nitrogens with zero attached hydrogens (tertiary/aromatic N) is 4. The number of rotatable bonds is 4. The normalized spacial score (nSPS) is 14.7. The summed E-state index contributed by atoms with van der Waals surface area (Å²) >= 11 is 6.20. The average Bonchev–Trinajstić information content (AvgIpc) is 2.99. The van der Waals surface area contributed by atoms with E-state index >= 15 is 0 Å². The van der Waals surface area contributed by atoms with Crippen LogP contribution in [-0.4, -0.2) is 39.5 Å². The lowest BCUT2D eigenvalue weighted by molar-refractivity contribution is -0.118. The van der Waals surface area contributed by atoms with Crippen LogP contribution in [0.15, 0.2) is 29.4 Å². The highest BCUT2D eigenvalue weighted by Gasteiger charge is 2.26. The molecule has 24 heavy (non-hydrogen) atoms. The minimum absolute atomic E-state index is 0.0683. The molecule has 1 N–H and O–H groups in total. The Morgan fingerprint density at radius 2 is 2.08 bits per heavy atom. The van der Waals surface area contributed by atoms with Crippen LogP contribution in [0.3, 0.4) is 0 Å². The third-order valence-corrected chi connectivity index (χ3v) is 4.18.